The van der Waals surface area contributed by atoms with Crippen molar-refractivity contribution in [3.05, 3.63) is 24.3 Å². The van der Waals surface area contributed by atoms with E-state index in [9.17, 15) is 4.79 Å². The number of carbonyl (C=O) groups is 1. The van der Waals surface area contributed by atoms with Gasteiger partial charge in [0.2, 0.25) is 5.91 Å². The Kier molecular flexibility index (Phi) is 4.41. The Bertz CT molecular complexity index is 496. The number of morpholine rings is 1. The van der Waals surface area contributed by atoms with Crippen molar-refractivity contribution >= 4 is 17.3 Å². The first-order valence-electron chi connectivity index (χ1n) is 7.69. The fourth-order valence-electron chi connectivity index (χ4n) is 2.78. The first-order chi connectivity index (χ1) is 10.3. The summed E-state index contributed by atoms with van der Waals surface area (Å²) in [5.41, 5.74) is 2.00. The molecule has 114 valence electrons. The van der Waals surface area contributed by atoms with Crippen molar-refractivity contribution in [2.75, 3.05) is 49.6 Å². The van der Waals surface area contributed by atoms with Gasteiger partial charge in [-0.2, -0.15) is 0 Å². The maximum atomic E-state index is 12.4. The third kappa shape index (κ3) is 3.19. The van der Waals surface area contributed by atoms with Crippen molar-refractivity contribution in [3.8, 4) is 0 Å². The summed E-state index contributed by atoms with van der Waals surface area (Å²) in [5, 5.41) is 6.33. The number of para-hydroxylation sites is 2. The van der Waals surface area contributed by atoms with Crippen LogP contribution < -0.4 is 15.5 Å². The third-order valence-electron chi connectivity index (χ3n) is 4.45. The maximum absolute atomic E-state index is 12.4. The van der Waals surface area contributed by atoms with Gasteiger partial charge in [0.1, 0.15) is 0 Å². The zero-order valence-corrected chi connectivity index (χ0v) is 12.5. The number of hydrogen-bond acceptors (Lipinski definition) is 4. The zero-order chi connectivity index (χ0) is 14.7. The summed E-state index contributed by atoms with van der Waals surface area (Å²) in [4.78, 5) is 14.7. The van der Waals surface area contributed by atoms with Gasteiger partial charge in [0.05, 0.1) is 24.6 Å². The van der Waals surface area contributed by atoms with Crippen LogP contribution >= 0.6 is 0 Å². The zero-order valence-electron chi connectivity index (χ0n) is 12.5. The number of anilines is 2. The number of carbonyl (C=O) groups excluding carboxylic acids is 1. The van der Waals surface area contributed by atoms with Crippen LogP contribution in [0, 0.1) is 11.8 Å². The predicted molar refractivity (Wildman–Crippen MR) is 83.6 cm³/mol. The number of amides is 1. The van der Waals surface area contributed by atoms with E-state index in [1.807, 2.05) is 25.1 Å². The molecule has 1 aromatic rings. The number of benzene rings is 1. The van der Waals surface area contributed by atoms with Crippen LogP contribution in [0.1, 0.15) is 6.92 Å². The Hall–Kier alpha value is -1.59. The molecule has 1 unspecified atom stereocenters. The topological polar surface area (TPSA) is 53.6 Å². The van der Waals surface area contributed by atoms with Crippen molar-refractivity contribution in [3.63, 3.8) is 0 Å². The van der Waals surface area contributed by atoms with E-state index in [4.69, 9.17) is 4.74 Å². The van der Waals surface area contributed by atoms with Crippen molar-refractivity contribution in [2.45, 2.75) is 6.92 Å². The summed E-state index contributed by atoms with van der Waals surface area (Å²) >= 11 is 0. The minimum atomic E-state index is 0.0454. The molecule has 0 aliphatic carbocycles. The minimum Gasteiger partial charge on any atom is -0.378 e. The van der Waals surface area contributed by atoms with Crippen molar-refractivity contribution < 1.29 is 9.53 Å². The molecule has 2 aliphatic rings. The number of nitrogens with one attached hydrogen (secondary N) is 2. The molecule has 2 aliphatic heterocycles. The summed E-state index contributed by atoms with van der Waals surface area (Å²) < 4.78 is 5.40. The maximum Gasteiger partial charge on any atom is 0.227 e. The standard InChI is InChI=1S/C16H23N3O2/c1-12(13-10-17-11-13)16(20)18-14-4-2-3-5-15(14)19-6-8-21-9-7-19/h2-5,12-13,17H,6-11H2,1H3,(H,18,20). The van der Waals surface area contributed by atoms with Gasteiger partial charge in [-0.1, -0.05) is 19.1 Å². The van der Waals surface area contributed by atoms with Crippen LogP contribution in [0.5, 0.6) is 0 Å². The molecule has 2 fully saturated rings. The van der Waals surface area contributed by atoms with Crippen molar-refractivity contribution in [1.29, 1.82) is 0 Å². The Balaban J connectivity index is 1.70. The van der Waals surface area contributed by atoms with E-state index in [0.717, 1.165) is 50.8 Å². The molecule has 0 spiro atoms. The fourth-order valence-corrected chi connectivity index (χ4v) is 2.78. The average molecular weight is 289 g/mol. The lowest BCUT2D eigenvalue weighted by atomic mass is 9.88. The fraction of sp³-hybridized carbons (Fsp3) is 0.562. The third-order valence-corrected chi connectivity index (χ3v) is 4.45. The lowest BCUT2D eigenvalue weighted by Crippen LogP contribution is -2.48. The van der Waals surface area contributed by atoms with E-state index in [0.29, 0.717) is 5.92 Å². The van der Waals surface area contributed by atoms with Crippen molar-refractivity contribution in [1.82, 2.24) is 5.32 Å². The van der Waals surface area contributed by atoms with Crippen LogP contribution in [0.4, 0.5) is 11.4 Å². The normalized spacial score (nSPS) is 20.7. The highest BCUT2D eigenvalue weighted by Crippen LogP contribution is 2.27. The molecule has 0 saturated carbocycles. The molecule has 5 nitrogen and oxygen atoms in total. The van der Waals surface area contributed by atoms with Gasteiger partial charge in [0.25, 0.3) is 0 Å². The molecule has 0 radical (unpaired) electrons. The second-order valence-corrected chi connectivity index (χ2v) is 5.81. The summed E-state index contributed by atoms with van der Waals surface area (Å²) in [7, 11) is 0. The van der Waals surface area contributed by atoms with Crippen LogP contribution in [0.3, 0.4) is 0 Å². The Morgan fingerprint density at radius 2 is 2.05 bits per heavy atom. The Morgan fingerprint density at radius 3 is 2.71 bits per heavy atom. The van der Waals surface area contributed by atoms with E-state index in [2.05, 4.69) is 21.6 Å². The van der Waals surface area contributed by atoms with Crippen LogP contribution in [0.2, 0.25) is 0 Å². The van der Waals surface area contributed by atoms with E-state index >= 15 is 0 Å². The van der Waals surface area contributed by atoms with Crippen LogP contribution in [0.25, 0.3) is 0 Å². The molecule has 5 heteroatoms. The summed E-state index contributed by atoms with van der Waals surface area (Å²) in [5.74, 6) is 0.617. The Morgan fingerprint density at radius 1 is 1.33 bits per heavy atom. The van der Waals surface area contributed by atoms with Gasteiger partial charge < -0.3 is 20.3 Å². The second kappa shape index (κ2) is 6.45. The molecule has 1 amide bonds. The number of nitrogens with zero attached hydrogens (tertiary/aromatic N) is 1. The lowest BCUT2D eigenvalue weighted by molar-refractivity contribution is -0.121. The second-order valence-electron chi connectivity index (χ2n) is 5.81. The molecule has 2 N–H and O–H groups in total. The number of rotatable bonds is 4. The van der Waals surface area contributed by atoms with Gasteiger partial charge in [0, 0.05) is 19.0 Å². The van der Waals surface area contributed by atoms with Gasteiger partial charge >= 0.3 is 0 Å². The van der Waals surface area contributed by atoms with E-state index in [1.165, 1.54) is 0 Å². The largest absolute Gasteiger partial charge is 0.378 e. The van der Waals surface area contributed by atoms with Crippen LogP contribution in [-0.2, 0) is 9.53 Å². The SMILES string of the molecule is CC(C(=O)Nc1ccccc1N1CCOCC1)C1CNC1. The Labute approximate surface area is 125 Å². The highest BCUT2D eigenvalue weighted by Gasteiger charge is 2.29. The number of ether oxygens (including phenoxy) is 1. The monoisotopic (exact) mass is 289 g/mol. The molecule has 0 bridgehead atoms. The van der Waals surface area contributed by atoms with Gasteiger partial charge in [-0.3, -0.25) is 4.79 Å². The quantitative estimate of drug-likeness (QED) is 0.878. The van der Waals surface area contributed by atoms with Gasteiger partial charge in [-0.25, -0.2) is 0 Å². The minimum absolute atomic E-state index is 0.0454. The van der Waals surface area contributed by atoms with Gasteiger partial charge in [-0.05, 0) is 31.1 Å². The van der Waals surface area contributed by atoms with Crippen LogP contribution in [-0.4, -0.2) is 45.3 Å². The lowest BCUT2D eigenvalue weighted by Gasteiger charge is -2.33. The first-order valence-corrected chi connectivity index (χ1v) is 7.69. The van der Waals surface area contributed by atoms with Gasteiger partial charge in [-0.15, -0.1) is 0 Å². The van der Waals surface area contributed by atoms with E-state index < -0.39 is 0 Å². The molecule has 1 atom stereocenters. The smallest absolute Gasteiger partial charge is 0.227 e. The first kappa shape index (κ1) is 14.4. The van der Waals surface area contributed by atoms with E-state index in [-0.39, 0.29) is 11.8 Å². The van der Waals surface area contributed by atoms with Crippen LogP contribution in [0.15, 0.2) is 24.3 Å². The van der Waals surface area contributed by atoms with Crippen molar-refractivity contribution in [2.24, 2.45) is 11.8 Å². The molecule has 21 heavy (non-hydrogen) atoms. The molecular weight excluding hydrogens is 266 g/mol. The highest BCUT2D eigenvalue weighted by atomic mass is 16.5. The summed E-state index contributed by atoms with van der Waals surface area (Å²) in [6.45, 7) is 7.13. The van der Waals surface area contributed by atoms with Gasteiger partial charge in [0.15, 0.2) is 0 Å². The number of hydrogen-bond donors (Lipinski definition) is 2. The molecule has 1 aromatic carbocycles. The highest BCUT2D eigenvalue weighted by molar-refractivity contribution is 5.95. The predicted octanol–water partition coefficient (Wildman–Crippen LogP) is 1.32. The molecule has 2 saturated heterocycles. The summed E-state index contributed by atoms with van der Waals surface area (Å²) in [6.07, 6.45) is 0. The molecule has 0 aromatic heterocycles. The summed E-state index contributed by atoms with van der Waals surface area (Å²) in [6, 6.07) is 8.03. The molecule has 3 rings (SSSR count). The molecular formula is C16H23N3O2. The van der Waals surface area contributed by atoms with E-state index in [1.54, 1.807) is 0 Å². The average Bonchev–Trinajstić information content (AvgIpc) is 2.47. The molecule has 2 heterocycles.